The molecule has 0 amide bonds. The Bertz CT molecular complexity index is 322. The average Bonchev–Trinajstić information content (AvgIpc) is 2.38. The van der Waals surface area contributed by atoms with E-state index >= 15 is 0 Å². The van der Waals surface area contributed by atoms with Gasteiger partial charge < -0.3 is 10.1 Å². The smallest absolute Gasteiger partial charge is 0.323 e. The Hall–Kier alpha value is -1.35. The van der Waals surface area contributed by atoms with Crippen molar-refractivity contribution in [2.75, 3.05) is 13.2 Å². The molecule has 98 valence electrons. The van der Waals surface area contributed by atoms with Crippen LogP contribution in [0.4, 0.5) is 0 Å². The largest absolute Gasteiger partial charge is 0.463 e. The lowest BCUT2D eigenvalue weighted by atomic mass is 9.81. The topological polar surface area (TPSA) is 38.3 Å². The van der Waals surface area contributed by atoms with Crippen LogP contribution in [0.3, 0.4) is 0 Å². The maximum atomic E-state index is 11.2. The lowest BCUT2D eigenvalue weighted by Gasteiger charge is -2.30. The minimum Gasteiger partial charge on any atom is -0.463 e. The number of hydrogen-bond donors (Lipinski definition) is 1. The van der Waals surface area contributed by atoms with E-state index in [1.54, 1.807) is 0 Å². The van der Waals surface area contributed by atoms with Crippen LogP contribution in [0.25, 0.3) is 0 Å². The van der Waals surface area contributed by atoms with Gasteiger partial charge >= 0.3 is 5.97 Å². The van der Waals surface area contributed by atoms with Crippen molar-refractivity contribution in [3.05, 3.63) is 36.4 Å². The van der Waals surface area contributed by atoms with E-state index < -0.39 is 0 Å². The van der Waals surface area contributed by atoms with E-state index in [4.69, 9.17) is 4.74 Å². The zero-order chi connectivity index (χ0) is 12.6. The molecule has 1 aromatic carbocycles. The zero-order valence-electron chi connectivity index (χ0n) is 10.7. The number of rotatable bonds is 2. The van der Waals surface area contributed by atoms with E-state index in [1.807, 2.05) is 36.4 Å². The molecule has 1 saturated heterocycles. The van der Waals surface area contributed by atoms with Gasteiger partial charge in [0.15, 0.2) is 0 Å². The summed E-state index contributed by atoms with van der Waals surface area (Å²) in [5.74, 6) is 0.723. The van der Waals surface area contributed by atoms with Gasteiger partial charge in [-0.1, -0.05) is 55.7 Å². The highest BCUT2D eigenvalue weighted by molar-refractivity contribution is 5.76. The van der Waals surface area contributed by atoms with Crippen LogP contribution in [0.5, 0.6) is 0 Å². The molecule has 1 aliphatic carbocycles. The van der Waals surface area contributed by atoms with E-state index in [0.29, 0.717) is 6.61 Å². The molecule has 2 fully saturated rings. The van der Waals surface area contributed by atoms with Crippen LogP contribution < -0.4 is 5.32 Å². The summed E-state index contributed by atoms with van der Waals surface area (Å²) in [7, 11) is 0. The lowest BCUT2D eigenvalue weighted by Crippen LogP contribution is -2.46. The van der Waals surface area contributed by atoms with Gasteiger partial charge in [-0.05, 0) is 12.3 Å². The van der Waals surface area contributed by atoms with Crippen LogP contribution in [-0.4, -0.2) is 25.2 Å². The van der Waals surface area contributed by atoms with Crippen LogP contribution in [0.2, 0.25) is 0 Å². The molecular formula is C15H21NO2. The molecular weight excluding hydrogens is 226 g/mol. The third kappa shape index (κ3) is 4.15. The SMILES string of the molecule is O=C1OCCNC1CC1CCC1.c1ccccc1. The molecule has 2 aliphatic rings. The molecule has 3 nitrogen and oxygen atoms in total. The summed E-state index contributed by atoms with van der Waals surface area (Å²) in [6, 6.07) is 12.0. The van der Waals surface area contributed by atoms with Gasteiger partial charge in [0.05, 0.1) is 0 Å². The Labute approximate surface area is 109 Å². The van der Waals surface area contributed by atoms with Crippen LogP contribution >= 0.6 is 0 Å². The molecule has 1 saturated carbocycles. The molecule has 1 heterocycles. The van der Waals surface area contributed by atoms with Gasteiger partial charge in [-0.2, -0.15) is 0 Å². The number of hydrogen-bond acceptors (Lipinski definition) is 3. The number of carbonyl (C=O) groups excluding carboxylic acids is 1. The monoisotopic (exact) mass is 247 g/mol. The molecule has 3 heteroatoms. The summed E-state index contributed by atoms with van der Waals surface area (Å²) < 4.78 is 4.96. The van der Waals surface area contributed by atoms with Gasteiger partial charge in [0.2, 0.25) is 0 Å². The van der Waals surface area contributed by atoms with Crippen molar-refractivity contribution in [2.24, 2.45) is 5.92 Å². The highest BCUT2D eigenvalue weighted by atomic mass is 16.5. The van der Waals surface area contributed by atoms with Crippen molar-refractivity contribution in [1.29, 1.82) is 0 Å². The first kappa shape index (κ1) is 13.1. The van der Waals surface area contributed by atoms with Crippen molar-refractivity contribution in [3.63, 3.8) is 0 Å². The number of benzene rings is 1. The number of nitrogens with one attached hydrogen (secondary N) is 1. The van der Waals surface area contributed by atoms with Crippen LogP contribution in [0, 0.1) is 5.92 Å². The third-order valence-electron chi connectivity index (χ3n) is 3.48. The summed E-state index contributed by atoms with van der Waals surface area (Å²) in [5.41, 5.74) is 0. The minimum absolute atomic E-state index is 0.0101. The van der Waals surface area contributed by atoms with Crippen LogP contribution in [0.15, 0.2) is 36.4 Å². The number of morpholine rings is 1. The average molecular weight is 247 g/mol. The molecule has 1 aromatic rings. The second-order valence-corrected chi connectivity index (χ2v) is 4.86. The normalized spacial score (nSPS) is 23.3. The molecule has 0 spiro atoms. The molecule has 0 bridgehead atoms. The summed E-state index contributed by atoms with van der Waals surface area (Å²) in [4.78, 5) is 11.2. The van der Waals surface area contributed by atoms with Crippen molar-refractivity contribution >= 4 is 5.97 Å². The summed E-state index contributed by atoms with van der Waals surface area (Å²) >= 11 is 0. The van der Waals surface area contributed by atoms with Gasteiger partial charge in [-0.15, -0.1) is 0 Å². The van der Waals surface area contributed by atoms with Crippen LogP contribution in [0.1, 0.15) is 25.7 Å². The fraction of sp³-hybridized carbons (Fsp3) is 0.533. The standard InChI is InChI=1S/C9H15NO2.C6H6/c11-9-8(10-4-5-12-9)6-7-2-1-3-7;1-2-4-6-5-3-1/h7-8,10H,1-6H2;1-6H. The van der Waals surface area contributed by atoms with E-state index in [9.17, 15) is 4.79 Å². The molecule has 1 atom stereocenters. The van der Waals surface area contributed by atoms with E-state index in [1.165, 1.54) is 19.3 Å². The van der Waals surface area contributed by atoms with Crippen molar-refractivity contribution < 1.29 is 9.53 Å². The van der Waals surface area contributed by atoms with Crippen molar-refractivity contribution in [2.45, 2.75) is 31.7 Å². The number of esters is 1. The molecule has 1 N–H and O–H groups in total. The first-order valence-electron chi connectivity index (χ1n) is 6.76. The summed E-state index contributed by atoms with van der Waals surface area (Å²) in [6.07, 6.45) is 4.92. The summed E-state index contributed by atoms with van der Waals surface area (Å²) in [6.45, 7) is 1.36. The lowest BCUT2D eigenvalue weighted by molar-refractivity contribution is -0.150. The van der Waals surface area contributed by atoms with E-state index in [0.717, 1.165) is 18.9 Å². The van der Waals surface area contributed by atoms with Gasteiger partial charge in [0.25, 0.3) is 0 Å². The third-order valence-corrected chi connectivity index (χ3v) is 3.48. The predicted octanol–water partition coefficient (Wildman–Crippen LogP) is 2.38. The molecule has 0 aromatic heterocycles. The van der Waals surface area contributed by atoms with Gasteiger partial charge in [0.1, 0.15) is 12.6 Å². The maximum Gasteiger partial charge on any atom is 0.323 e. The predicted molar refractivity (Wildman–Crippen MR) is 71.1 cm³/mol. The Balaban J connectivity index is 0.000000169. The van der Waals surface area contributed by atoms with Gasteiger partial charge in [-0.3, -0.25) is 4.79 Å². The highest BCUT2D eigenvalue weighted by Gasteiger charge is 2.29. The van der Waals surface area contributed by atoms with Crippen LogP contribution in [-0.2, 0) is 9.53 Å². The zero-order valence-corrected chi connectivity index (χ0v) is 10.7. The molecule has 18 heavy (non-hydrogen) atoms. The second-order valence-electron chi connectivity index (χ2n) is 4.86. The molecule has 0 radical (unpaired) electrons. The van der Waals surface area contributed by atoms with E-state index in [2.05, 4.69) is 5.32 Å². The summed E-state index contributed by atoms with van der Waals surface area (Å²) in [5, 5.41) is 3.19. The molecule has 3 rings (SSSR count). The minimum atomic E-state index is -0.0480. The molecule has 1 aliphatic heterocycles. The Kier molecular flexibility index (Phi) is 5.21. The Morgan fingerprint density at radius 2 is 1.72 bits per heavy atom. The first-order chi connectivity index (χ1) is 8.86. The van der Waals surface area contributed by atoms with E-state index in [-0.39, 0.29) is 12.0 Å². The van der Waals surface area contributed by atoms with Crippen molar-refractivity contribution in [1.82, 2.24) is 5.32 Å². The fourth-order valence-corrected chi connectivity index (χ4v) is 2.19. The number of ether oxygens (including phenoxy) is 1. The fourth-order valence-electron chi connectivity index (χ4n) is 2.19. The molecule has 1 unspecified atom stereocenters. The number of cyclic esters (lactones) is 1. The van der Waals surface area contributed by atoms with Gasteiger partial charge in [-0.25, -0.2) is 0 Å². The Morgan fingerprint density at radius 3 is 2.17 bits per heavy atom. The second kappa shape index (κ2) is 7.17. The highest BCUT2D eigenvalue weighted by Crippen LogP contribution is 2.30. The quantitative estimate of drug-likeness (QED) is 0.815. The van der Waals surface area contributed by atoms with Gasteiger partial charge in [0, 0.05) is 6.54 Å². The number of carbonyl (C=O) groups is 1. The first-order valence-corrected chi connectivity index (χ1v) is 6.76. The van der Waals surface area contributed by atoms with Crippen molar-refractivity contribution in [3.8, 4) is 0 Å². The maximum absolute atomic E-state index is 11.2. The Morgan fingerprint density at radius 1 is 1.11 bits per heavy atom.